The number of rotatable bonds is 0. The molecular formula is C7H12N2S2. The van der Waals surface area contributed by atoms with Crippen molar-refractivity contribution in [2.75, 3.05) is 25.4 Å². The molecule has 0 N–H and O–H groups in total. The standard InChI is InChI=1S/C7H12N2S2/c10-6-4-9(5-6)7-8-2-1-3-11-7/h6,10H,1-5H2. The molecule has 0 aromatic rings. The lowest BCUT2D eigenvalue weighted by Crippen LogP contribution is -2.50. The lowest BCUT2D eigenvalue weighted by Gasteiger charge is -2.39. The van der Waals surface area contributed by atoms with Crippen LogP contribution in [0, 0.1) is 0 Å². The fourth-order valence-corrected chi connectivity index (χ4v) is 2.62. The summed E-state index contributed by atoms with van der Waals surface area (Å²) in [7, 11) is 0. The Morgan fingerprint density at radius 1 is 1.55 bits per heavy atom. The van der Waals surface area contributed by atoms with E-state index in [0.717, 1.165) is 19.6 Å². The van der Waals surface area contributed by atoms with Gasteiger partial charge in [0, 0.05) is 30.6 Å². The molecular weight excluding hydrogens is 176 g/mol. The largest absolute Gasteiger partial charge is 0.349 e. The summed E-state index contributed by atoms with van der Waals surface area (Å²) in [5.74, 6) is 1.24. The number of hydrogen-bond donors (Lipinski definition) is 1. The summed E-state index contributed by atoms with van der Waals surface area (Å²) < 4.78 is 0. The number of nitrogens with zero attached hydrogens (tertiary/aromatic N) is 2. The summed E-state index contributed by atoms with van der Waals surface area (Å²) in [5, 5.41) is 1.83. The van der Waals surface area contributed by atoms with Crippen molar-refractivity contribution in [1.82, 2.24) is 4.90 Å². The van der Waals surface area contributed by atoms with Gasteiger partial charge in [0.05, 0.1) is 0 Å². The van der Waals surface area contributed by atoms with Crippen LogP contribution in [-0.4, -0.2) is 40.7 Å². The van der Waals surface area contributed by atoms with Gasteiger partial charge in [0.1, 0.15) is 0 Å². The minimum Gasteiger partial charge on any atom is -0.349 e. The smallest absolute Gasteiger partial charge is 0.159 e. The molecule has 2 nitrogen and oxygen atoms in total. The molecule has 0 radical (unpaired) electrons. The zero-order valence-corrected chi connectivity index (χ0v) is 8.07. The van der Waals surface area contributed by atoms with Crippen LogP contribution in [0.2, 0.25) is 0 Å². The third kappa shape index (κ3) is 1.67. The predicted molar refractivity (Wildman–Crippen MR) is 53.7 cm³/mol. The van der Waals surface area contributed by atoms with Gasteiger partial charge in [0.25, 0.3) is 0 Å². The van der Waals surface area contributed by atoms with E-state index in [2.05, 4.69) is 22.5 Å². The minimum absolute atomic E-state index is 0.584. The molecule has 0 aliphatic carbocycles. The molecule has 2 aliphatic rings. The van der Waals surface area contributed by atoms with Gasteiger partial charge >= 0.3 is 0 Å². The Hall–Kier alpha value is 0.170. The summed E-state index contributed by atoms with van der Waals surface area (Å²) in [4.78, 5) is 6.78. The van der Waals surface area contributed by atoms with Crippen molar-refractivity contribution in [2.24, 2.45) is 4.99 Å². The molecule has 0 bridgehead atoms. The molecule has 1 saturated heterocycles. The summed E-state index contributed by atoms with van der Waals surface area (Å²) in [5.41, 5.74) is 0. The number of likely N-dealkylation sites (tertiary alicyclic amines) is 1. The number of amidine groups is 1. The van der Waals surface area contributed by atoms with Crippen molar-refractivity contribution in [3.63, 3.8) is 0 Å². The first-order valence-electron chi connectivity index (χ1n) is 3.96. The van der Waals surface area contributed by atoms with E-state index in [1.165, 1.54) is 17.3 Å². The molecule has 0 aromatic carbocycles. The normalized spacial score (nSPS) is 26.3. The van der Waals surface area contributed by atoms with Crippen LogP contribution in [0.5, 0.6) is 0 Å². The van der Waals surface area contributed by atoms with Gasteiger partial charge in [-0.3, -0.25) is 4.99 Å². The van der Waals surface area contributed by atoms with Gasteiger partial charge in [-0.1, -0.05) is 11.8 Å². The van der Waals surface area contributed by atoms with E-state index in [1.54, 1.807) is 0 Å². The zero-order valence-electron chi connectivity index (χ0n) is 6.36. The van der Waals surface area contributed by atoms with E-state index in [1.807, 2.05) is 11.8 Å². The quantitative estimate of drug-likeness (QED) is 0.573. The Morgan fingerprint density at radius 3 is 2.91 bits per heavy atom. The lowest BCUT2D eigenvalue weighted by molar-refractivity contribution is 0.318. The first kappa shape index (κ1) is 7.80. The maximum Gasteiger partial charge on any atom is 0.159 e. The van der Waals surface area contributed by atoms with Crippen LogP contribution in [-0.2, 0) is 0 Å². The van der Waals surface area contributed by atoms with Crippen LogP contribution < -0.4 is 0 Å². The highest BCUT2D eigenvalue weighted by molar-refractivity contribution is 8.13. The zero-order chi connectivity index (χ0) is 7.68. The summed E-state index contributed by atoms with van der Waals surface area (Å²) in [6, 6.07) is 0. The third-order valence-electron chi connectivity index (χ3n) is 1.91. The maximum atomic E-state index is 4.46. The molecule has 62 valence electrons. The number of thiol groups is 1. The minimum atomic E-state index is 0.584. The average Bonchev–Trinajstić information content (AvgIpc) is 2.01. The Balaban J connectivity index is 1.89. The molecule has 0 atom stereocenters. The number of thioether (sulfide) groups is 1. The number of hydrogen-bond acceptors (Lipinski definition) is 4. The molecule has 11 heavy (non-hydrogen) atoms. The van der Waals surface area contributed by atoms with Crippen LogP contribution in [0.25, 0.3) is 0 Å². The molecule has 2 heterocycles. The first-order chi connectivity index (χ1) is 5.36. The molecule has 2 aliphatic heterocycles. The second kappa shape index (κ2) is 3.27. The Kier molecular flexibility index (Phi) is 2.32. The van der Waals surface area contributed by atoms with Crippen LogP contribution in [0.4, 0.5) is 0 Å². The van der Waals surface area contributed by atoms with Gasteiger partial charge in [0.2, 0.25) is 0 Å². The van der Waals surface area contributed by atoms with Crippen LogP contribution in [0.1, 0.15) is 6.42 Å². The SMILES string of the molecule is SC1CN(C2=NCCCS2)C1. The fraction of sp³-hybridized carbons (Fsp3) is 0.857. The molecule has 0 amide bonds. The average molecular weight is 188 g/mol. The Labute approximate surface area is 76.9 Å². The van der Waals surface area contributed by atoms with E-state index < -0.39 is 0 Å². The van der Waals surface area contributed by atoms with Gasteiger partial charge in [-0.25, -0.2) is 0 Å². The van der Waals surface area contributed by atoms with E-state index in [9.17, 15) is 0 Å². The van der Waals surface area contributed by atoms with Crippen molar-refractivity contribution in [2.45, 2.75) is 11.7 Å². The second-order valence-corrected chi connectivity index (χ2v) is 4.72. The lowest BCUT2D eigenvalue weighted by atomic mass is 10.2. The summed E-state index contributed by atoms with van der Waals surface area (Å²) in [6.07, 6.45) is 1.24. The third-order valence-corrected chi connectivity index (χ3v) is 3.38. The van der Waals surface area contributed by atoms with Crippen molar-refractivity contribution >= 4 is 29.6 Å². The van der Waals surface area contributed by atoms with E-state index in [0.29, 0.717) is 5.25 Å². The van der Waals surface area contributed by atoms with Crippen LogP contribution in [0.3, 0.4) is 0 Å². The summed E-state index contributed by atoms with van der Waals surface area (Å²) in [6.45, 7) is 3.21. The van der Waals surface area contributed by atoms with E-state index >= 15 is 0 Å². The number of aliphatic imine (C=N–C) groups is 1. The predicted octanol–water partition coefficient (Wildman–Crippen LogP) is 1.09. The molecule has 0 spiro atoms. The maximum absolute atomic E-state index is 4.46. The monoisotopic (exact) mass is 188 g/mol. The van der Waals surface area contributed by atoms with E-state index in [4.69, 9.17) is 0 Å². The van der Waals surface area contributed by atoms with Gasteiger partial charge in [-0.2, -0.15) is 12.6 Å². The van der Waals surface area contributed by atoms with Gasteiger partial charge in [-0.15, -0.1) is 0 Å². The molecule has 2 rings (SSSR count). The van der Waals surface area contributed by atoms with Gasteiger partial charge < -0.3 is 4.90 Å². The first-order valence-corrected chi connectivity index (χ1v) is 5.47. The molecule has 0 unspecified atom stereocenters. The second-order valence-electron chi connectivity index (χ2n) is 2.93. The Bertz CT molecular complexity index is 175. The molecule has 4 heteroatoms. The van der Waals surface area contributed by atoms with Crippen LogP contribution in [0.15, 0.2) is 4.99 Å². The van der Waals surface area contributed by atoms with Crippen molar-refractivity contribution in [3.8, 4) is 0 Å². The topological polar surface area (TPSA) is 15.6 Å². The fourth-order valence-electron chi connectivity index (χ4n) is 1.25. The molecule has 0 aromatic heterocycles. The highest BCUT2D eigenvalue weighted by Gasteiger charge is 2.27. The van der Waals surface area contributed by atoms with Crippen molar-refractivity contribution in [1.29, 1.82) is 0 Å². The van der Waals surface area contributed by atoms with E-state index in [-0.39, 0.29) is 0 Å². The summed E-state index contributed by atoms with van der Waals surface area (Å²) >= 11 is 6.25. The van der Waals surface area contributed by atoms with Crippen molar-refractivity contribution in [3.05, 3.63) is 0 Å². The van der Waals surface area contributed by atoms with Gasteiger partial charge in [0.15, 0.2) is 5.17 Å². The Morgan fingerprint density at radius 2 is 2.36 bits per heavy atom. The highest BCUT2D eigenvalue weighted by atomic mass is 32.2. The molecule has 1 fully saturated rings. The highest BCUT2D eigenvalue weighted by Crippen LogP contribution is 2.22. The van der Waals surface area contributed by atoms with Crippen LogP contribution >= 0.6 is 24.4 Å². The molecule has 0 saturated carbocycles. The van der Waals surface area contributed by atoms with Gasteiger partial charge in [-0.05, 0) is 6.42 Å². The van der Waals surface area contributed by atoms with Crippen molar-refractivity contribution < 1.29 is 0 Å².